The first-order valence-electron chi connectivity index (χ1n) is 7.31. The lowest BCUT2D eigenvalue weighted by Crippen LogP contribution is -2.04. The third kappa shape index (κ3) is 2.81. The molecule has 116 valence electrons. The van der Waals surface area contributed by atoms with Gasteiger partial charge in [0.2, 0.25) is 0 Å². The van der Waals surface area contributed by atoms with Crippen molar-refractivity contribution >= 4 is 23.7 Å². The molecule has 0 saturated heterocycles. The first-order valence-corrected chi connectivity index (χ1v) is 7.31. The van der Waals surface area contributed by atoms with E-state index in [0.29, 0.717) is 0 Å². The highest BCUT2D eigenvalue weighted by molar-refractivity contribution is 5.85. The minimum atomic E-state index is 0. The van der Waals surface area contributed by atoms with E-state index in [4.69, 9.17) is 4.98 Å². The van der Waals surface area contributed by atoms with Crippen LogP contribution in [-0.4, -0.2) is 9.38 Å². The smallest absolute Gasteiger partial charge is 0.142 e. The van der Waals surface area contributed by atoms with Gasteiger partial charge >= 0.3 is 0 Å². The second kappa shape index (κ2) is 6.41. The molecule has 0 spiro atoms. The molecule has 22 heavy (non-hydrogen) atoms. The van der Waals surface area contributed by atoms with Crippen molar-refractivity contribution in [1.82, 2.24) is 9.38 Å². The number of fused-ring (bicyclic) bond motifs is 1. The molecule has 0 radical (unpaired) electrons. The molecule has 1 N–H and O–H groups in total. The van der Waals surface area contributed by atoms with E-state index in [1.165, 1.54) is 28.1 Å². The summed E-state index contributed by atoms with van der Waals surface area (Å²) in [4.78, 5) is 4.69. The molecule has 0 bridgehead atoms. The number of halogens is 1. The van der Waals surface area contributed by atoms with Crippen molar-refractivity contribution in [3.8, 4) is 0 Å². The Morgan fingerprint density at radius 2 is 1.68 bits per heavy atom. The molecule has 0 aliphatic heterocycles. The lowest BCUT2D eigenvalue weighted by molar-refractivity contribution is 1.05. The van der Waals surface area contributed by atoms with E-state index >= 15 is 0 Å². The van der Waals surface area contributed by atoms with Crippen LogP contribution in [0, 0.1) is 27.7 Å². The number of pyridine rings is 1. The fraction of sp³-hybridized carbons (Fsp3) is 0.278. The third-order valence-corrected chi connectivity index (χ3v) is 4.14. The maximum absolute atomic E-state index is 4.69. The van der Waals surface area contributed by atoms with Crippen LogP contribution in [0.25, 0.3) is 5.65 Å². The van der Waals surface area contributed by atoms with Crippen LogP contribution in [0.1, 0.15) is 28.1 Å². The third-order valence-electron chi connectivity index (χ3n) is 4.14. The van der Waals surface area contributed by atoms with Crippen molar-refractivity contribution in [2.75, 3.05) is 5.32 Å². The van der Waals surface area contributed by atoms with Gasteiger partial charge in [0.15, 0.2) is 0 Å². The average Bonchev–Trinajstić information content (AvgIpc) is 2.75. The van der Waals surface area contributed by atoms with Crippen molar-refractivity contribution < 1.29 is 0 Å². The minimum absolute atomic E-state index is 0. The Balaban J connectivity index is 0.00000176. The average molecular weight is 316 g/mol. The number of hydrogen-bond acceptors (Lipinski definition) is 2. The molecule has 0 unspecified atom stereocenters. The monoisotopic (exact) mass is 315 g/mol. The molecule has 0 atom stereocenters. The summed E-state index contributed by atoms with van der Waals surface area (Å²) in [7, 11) is 0. The van der Waals surface area contributed by atoms with Gasteiger partial charge < -0.3 is 9.72 Å². The molecular weight excluding hydrogens is 294 g/mol. The molecule has 0 aliphatic rings. The van der Waals surface area contributed by atoms with Gasteiger partial charge in [-0.2, -0.15) is 0 Å². The van der Waals surface area contributed by atoms with Crippen LogP contribution in [0.4, 0.5) is 5.69 Å². The zero-order valence-electron chi connectivity index (χ0n) is 13.5. The Morgan fingerprint density at radius 3 is 2.36 bits per heavy atom. The van der Waals surface area contributed by atoms with Crippen LogP contribution in [0.2, 0.25) is 0 Å². The number of aryl methyl sites for hydroxylation is 4. The number of benzene rings is 1. The van der Waals surface area contributed by atoms with Crippen LogP contribution in [-0.2, 0) is 6.54 Å². The summed E-state index contributed by atoms with van der Waals surface area (Å²) in [6, 6.07) is 10.6. The van der Waals surface area contributed by atoms with E-state index < -0.39 is 0 Å². The zero-order chi connectivity index (χ0) is 15.0. The quantitative estimate of drug-likeness (QED) is 0.765. The summed E-state index contributed by atoms with van der Waals surface area (Å²) in [5.41, 5.74) is 8.34. The highest BCUT2D eigenvalue weighted by Crippen LogP contribution is 2.21. The molecule has 3 nitrogen and oxygen atoms in total. The zero-order valence-corrected chi connectivity index (χ0v) is 14.3. The van der Waals surface area contributed by atoms with Crippen LogP contribution in [0.15, 0.2) is 36.5 Å². The maximum atomic E-state index is 4.69. The van der Waals surface area contributed by atoms with Crippen molar-refractivity contribution in [3.63, 3.8) is 0 Å². The Labute approximate surface area is 137 Å². The minimum Gasteiger partial charge on any atom is -0.380 e. The van der Waals surface area contributed by atoms with E-state index in [2.05, 4.69) is 73.9 Å². The first-order chi connectivity index (χ1) is 10.1. The van der Waals surface area contributed by atoms with E-state index in [-0.39, 0.29) is 12.4 Å². The highest BCUT2D eigenvalue weighted by Gasteiger charge is 2.09. The number of anilines is 1. The Kier molecular flexibility index (Phi) is 4.77. The molecule has 4 heteroatoms. The summed E-state index contributed by atoms with van der Waals surface area (Å²) < 4.78 is 2.16. The molecule has 0 fully saturated rings. The molecular formula is C18H22ClN3. The molecule has 0 aliphatic carbocycles. The number of imidazole rings is 1. The van der Waals surface area contributed by atoms with E-state index in [9.17, 15) is 0 Å². The molecule has 0 saturated carbocycles. The number of rotatable bonds is 3. The summed E-state index contributed by atoms with van der Waals surface area (Å²) >= 11 is 0. The Bertz CT molecular complexity index is 785. The van der Waals surface area contributed by atoms with Crippen molar-refractivity contribution in [2.24, 2.45) is 0 Å². The SMILES string of the molecule is Cc1cccc(C)c1NCc1cccn2c(C)c(C)nc12.Cl. The topological polar surface area (TPSA) is 29.3 Å². The van der Waals surface area contributed by atoms with Crippen molar-refractivity contribution in [2.45, 2.75) is 34.2 Å². The fourth-order valence-electron chi connectivity index (χ4n) is 2.77. The maximum Gasteiger partial charge on any atom is 0.142 e. The van der Waals surface area contributed by atoms with Gasteiger partial charge in [0.1, 0.15) is 5.65 Å². The normalized spacial score (nSPS) is 10.5. The predicted octanol–water partition coefficient (Wildman–Crippen LogP) is 4.60. The molecule has 0 amide bonds. The second-order valence-corrected chi connectivity index (χ2v) is 5.63. The fourth-order valence-corrected chi connectivity index (χ4v) is 2.77. The highest BCUT2D eigenvalue weighted by atomic mass is 35.5. The van der Waals surface area contributed by atoms with Crippen LogP contribution >= 0.6 is 12.4 Å². The van der Waals surface area contributed by atoms with Gasteiger partial charge in [0.25, 0.3) is 0 Å². The van der Waals surface area contributed by atoms with Gasteiger partial charge in [-0.3, -0.25) is 0 Å². The van der Waals surface area contributed by atoms with Crippen LogP contribution in [0.5, 0.6) is 0 Å². The van der Waals surface area contributed by atoms with Gasteiger partial charge in [-0.05, 0) is 44.9 Å². The van der Waals surface area contributed by atoms with Gasteiger partial charge in [-0.1, -0.05) is 24.3 Å². The van der Waals surface area contributed by atoms with Crippen molar-refractivity contribution in [1.29, 1.82) is 0 Å². The lowest BCUT2D eigenvalue weighted by atomic mass is 10.1. The molecule has 3 aromatic rings. The molecule has 1 aromatic carbocycles. The number of para-hydroxylation sites is 1. The van der Waals surface area contributed by atoms with Crippen LogP contribution in [0.3, 0.4) is 0 Å². The summed E-state index contributed by atoms with van der Waals surface area (Å²) in [5.74, 6) is 0. The largest absolute Gasteiger partial charge is 0.380 e. The van der Waals surface area contributed by atoms with Crippen LogP contribution < -0.4 is 5.32 Å². The van der Waals surface area contributed by atoms with Crippen molar-refractivity contribution in [3.05, 3.63) is 64.6 Å². The molecule has 2 heterocycles. The second-order valence-electron chi connectivity index (χ2n) is 5.63. The van der Waals surface area contributed by atoms with E-state index in [0.717, 1.165) is 17.9 Å². The molecule has 2 aromatic heterocycles. The standard InChI is InChI=1S/C18H21N3.ClH/c1-12-7-5-8-13(2)17(12)19-11-16-9-6-10-21-15(4)14(3)20-18(16)21;/h5-10,19H,11H2,1-4H3;1H. The lowest BCUT2D eigenvalue weighted by Gasteiger charge is -2.13. The van der Waals surface area contributed by atoms with E-state index in [1.54, 1.807) is 0 Å². The summed E-state index contributed by atoms with van der Waals surface area (Å²) in [6.07, 6.45) is 2.08. The predicted molar refractivity (Wildman–Crippen MR) is 95.2 cm³/mol. The Hall–Kier alpha value is -2.00. The molecule has 3 rings (SSSR count). The van der Waals surface area contributed by atoms with E-state index in [1.807, 2.05) is 0 Å². The van der Waals surface area contributed by atoms with Gasteiger partial charge in [-0.15, -0.1) is 12.4 Å². The van der Waals surface area contributed by atoms with Gasteiger partial charge in [0, 0.05) is 29.7 Å². The summed E-state index contributed by atoms with van der Waals surface area (Å²) in [5, 5.41) is 3.57. The first kappa shape index (κ1) is 16.4. The number of hydrogen-bond donors (Lipinski definition) is 1. The summed E-state index contributed by atoms with van der Waals surface area (Å²) in [6.45, 7) is 9.23. The Morgan fingerprint density at radius 1 is 1.00 bits per heavy atom. The van der Waals surface area contributed by atoms with Gasteiger partial charge in [-0.25, -0.2) is 4.98 Å². The number of nitrogens with one attached hydrogen (secondary N) is 1. The number of nitrogens with zero attached hydrogens (tertiary/aromatic N) is 2. The van der Waals surface area contributed by atoms with Gasteiger partial charge in [0.05, 0.1) is 5.69 Å². The number of aromatic nitrogens is 2.